The van der Waals surface area contributed by atoms with Gasteiger partial charge < -0.3 is 15.4 Å². The van der Waals surface area contributed by atoms with Gasteiger partial charge in [0.15, 0.2) is 5.82 Å². The van der Waals surface area contributed by atoms with E-state index in [4.69, 9.17) is 27.9 Å². The Balaban J connectivity index is 1.48. The van der Waals surface area contributed by atoms with Crippen molar-refractivity contribution in [2.45, 2.75) is 25.4 Å². The molecule has 0 amide bonds. The molecule has 1 aliphatic heterocycles. The first-order valence-corrected chi connectivity index (χ1v) is 8.69. The van der Waals surface area contributed by atoms with Crippen molar-refractivity contribution in [1.29, 1.82) is 0 Å². The van der Waals surface area contributed by atoms with Crippen molar-refractivity contribution in [3.8, 4) is 0 Å². The zero-order valence-electron chi connectivity index (χ0n) is 13.1. The fourth-order valence-electron chi connectivity index (χ4n) is 2.52. The van der Waals surface area contributed by atoms with Crippen LogP contribution in [0.5, 0.6) is 0 Å². The molecule has 0 bridgehead atoms. The zero-order chi connectivity index (χ0) is 16.8. The molecule has 0 aliphatic carbocycles. The number of halogens is 2. The summed E-state index contributed by atoms with van der Waals surface area (Å²) in [5, 5.41) is 15.6. The Morgan fingerprint density at radius 3 is 2.96 bits per heavy atom. The number of hydrogen-bond acceptors (Lipinski definition) is 6. The van der Waals surface area contributed by atoms with Crippen LogP contribution >= 0.6 is 23.2 Å². The highest BCUT2D eigenvalue weighted by Gasteiger charge is 2.15. The first-order valence-electron chi connectivity index (χ1n) is 7.94. The Bertz CT molecular complexity index is 679. The van der Waals surface area contributed by atoms with Crippen LogP contribution in [-0.2, 0) is 11.2 Å². The first-order chi connectivity index (χ1) is 11.7. The molecule has 1 saturated heterocycles. The third-order valence-corrected chi connectivity index (χ3v) is 4.37. The number of nitrogens with one attached hydrogen (secondary N) is 2. The van der Waals surface area contributed by atoms with Crippen LogP contribution in [0.4, 0.5) is 11.8 Å². The summed E-state index contributed by atoms with van der Waals surface area (Å²) in [6, 6.07) is 5.51. The van der Waals surface area contributed by atoms with Crippen LogP contribution < -0.4 is 10.6 Å². The Morgan fingerprint density at radius 2 is 2.17 bits per heavy atom. The van der Waals surface area contributed by atoms with Gasteiger partial charge in [0.05, 0.1) is 12.3 Å². The summed E-state index contributed by atoms with van der Waals surface area (Å²) in [5.41, 5.74) is 1.03. The highest BCUT2D eigenvalue weighted by atomic mass is 35.5. The topological polar surface area (TPSA) is 72.0 Å². The number of hydrogen-bond donors (Lipinski definition) is 2. The summed E-state index contributed by atoms with van der Waals surface area (Å²) in [6.07, 6.45) is 4.78. The highest BCUT2D eigenvalue weighted by molar-refractivity contribution is 6.35. The Hall–Kier alpha value is -1.63. The van der Waals surface area contributed by atoms with E-state index in [0.717, 1.165) is 31.4 Å². The second kappa shape index (κ2) is 8.46. The van der Waals surface area contributed by atoms with Gasteiger partial charge >= 0.3 is 0 Å². The molecule has 0 spiro atoms. The minimum Gasteiger partial charge on any atom is -0.376 e. The summed E-state index contributed by atoms with van der Waals surface area (Å²) in [5.74, 6) is 1.17. The maximum absolute atomic E-state index is 6.17. The van der Waals surface area contributed by atoms with E-state index in [9.17, 15) is 0 Å². The number of aromatic nitrogens is 3. The predicted octanol–water partition coefficient (Wildman–Crippen LogP) is 3.42. The van der Waals surface area contributed by atoms with Crippen molar-refractivity contribution < 1.29 is 4.74 Å². The average molecular weight is 368 g/mol. The zero-order valence-corrected chi connectivity index (χ0v) is 14.6. The molecule has 1 unspecified atom stereocenters. The largest absolute Gasteiger partial charge is 0.376 e. The van der Waals surface area contributed by atoms with Crippen LogP contribution in [0.1, 0.15) is 18.4 Å². The number of ether oxygens (including phenoxy) is 1. The standard InChI is InChI=1S/C16H19Cl2N5O/c17-12-4-3-11(14(18)8-12)5-6-19-15-10-21-23-16(22-15)20-9-13-2-1-7-24-13/h3-4,8,10,13H,1-2,5-7,9H2,(H2,19,20,22,23). The van der Waals surface area contributed by atoms with E-state index in [1.165, 1.54) is 0 Å². The van der Waals surface area contributed by atoms with Gasteiger partial charge in [0, 0.05) is 29.7 Å². The summed E-state index contributed by atoms with van der Waals surface area (Å²) in [7, 11) is 0. The molecule has 1 aromatic heterocycles. The van der Waals surface area contributed by atoms with Crippen molar-refractivity contribution in [2.24, 2.45) is 0 Å². The van der Waals surface area contributed by atoms with Crippen molar-refractivity contribution >= 4 is 35.0 Å². The quantitative estimate of drug-likeness (QED) is 0.780. The van der Waals surface area contributed by atoms with Gasteiger partial charge in [0.25, 0.3) is 0 Å². The number of benzene rings is 1. The number of rotatable bonds is 7. The van der Waals surface area contributed by atoms with Gasteiger partial charge in [-0.25, -0.2) is 0 Å². The molecule has 1 fully saturated rings. The van der Waals surface area contributed by atoms with Crippen LogP contribution in [0.2, 0.25) is 10.0 Å². The second-order valence-corrected chi connectivity index (χ2v) is 6.44. The molecule has 8 heteroatoms. The molecule has 2 heterocycles. The molecule has 1 aliphatic rings. The normalized spacial score (nSPS) is 17.0. The van der Waals surface area contributed by atoms with E-state index in [2.05, 4.69) is 25.8 Å². The van der Waals surface area contributed by atoms with E-state index >= 15 is 0 Å². The van der Waals surface area contributed by atoms with Gasteiger partial charge in [-0.3, -0.25) is 0 Å². The molecule has 6 nitrogen and oxygen atoms in total. The molecule has 1 atom stereocenters. The van der Waals surface area contributed by atoms with Crippen LogP contribution in [-0.4, -0.2) is 41.0 Å². The minimum atomic E-state index is 0.234. The van der Waals surface area contributed by atoms with Crippen molar-refractivity contribution in [2.75, 3.05) is 30.3 Å². The van der Waals surface area contributed by atoms with E-state index in [1.54, 1.807) is 12.3 Å². The van der Waals surface area contributed by atoms with Crippen molar-refractivity contribution in [3.05, 3.63) is 40.0 Å². The van der Waals surface area contributed by atoms with Gasteiger partial charge in [-0.05, 0) is 37.0 Å². The van der Waals surface area contributed by atoms with Crippen LogP contribution in [0.3, 0.4) is 0 Å². The molecular formula is C16H19Cl2N5O. The molecule has 24 heavy (non-hydrogen) atoms. The average Bonchev–Trinajstić information content (AvgIpc) is 3.09. The van der Waals surface area contributed by atoms with Crippen LogP contribution in [0.25, 0.3) is 0 Å². The molecule has 3 rings (SSSR count). The minimum absolute atomic E-state index is 0.234. The Labute approximate surface area is 150 Å². The van der Waals surface area contributed by atoms with Crippen LogP contribution in [0.15, 0.2) is 24.4 Å². The molecule has 2 aromatic rings. The lowest BCUT2D eigenvalue weighted by Gasteiger charge is -2.11. The molecular weight excluding hydrogens is 349 g/mol. The van der Waals surface area contributed by atoms with E-state index < -0.39 is 0 Å². The SMILES string of the molecule is Clc1ccc(CCNc2cnnc(NCC3CCCO3)n2)c(Cl)c1. The monoisotopic (exact) mass is 367 g/mol. The van der Waals surface area contributed by atoms with Crippen molar-refractivity contribution in [3.63, 3.8) is 0 Å². The van der Waals surface area contributed by atoms with E-state index in [-0.39, 0.29) is 6.10 Å². The first kappa shape index (κ1) is 17.2. The van der Waals surface area contributed by atoms with E-state index in [0.29, 0.717) is 34.9 Å². The van der Waals surface area contributed by atoms with Crippen LogP contribution in [0, 0.1) is 0 Å². The maximum atomic E-state index is 6.17. The highest BCUT2D eigenvalue weighted by Crippen LogP contribution is 2.21. The summed E-state index contributed by atoms with van der Waals surface area (Å²) < 4.78 is 5.56. The molecule has 128 valence electrons. The molecule has 1 aromatic carbocycles. The Kier molecular flexibility index (Phi) is 6.07. The number of nitrogens with zero attached hydrogens (tertiary/aromatic N) is 3. The second-order valence-electron chi connectivity index (χ2n) is 5.59. The lowest BCUT2D eigenvalue weighted by Crippen LogP contribution is -2.20. The van der Waals surface area contributed by atoms with Gasteiger partial charge in [-0.1, -0.05) is 29.3 Å². The third kappa shape index (κ3) is 4.93. The number of anilines is 2. The van der Waals surface area contributed by atoms with Crippen molar-refractivity contribution in [1.82, 2.24) is 15.2 Å². The summed E-state index contributed by atoms with van der Waals surface area (Å²) >= 11 is 12.1. The van der Waals surface area contributed by atoms with Gasteiger partial charge in [0.1, 0.15) is 0 Å². The molecule has 0 saturated carbocycles. The Morgan fingerprint density at radius 1 is 1.25 bits per heavy atom. The van der Waals surface area contributed by atoms with Gasteiger partial charge in [0.2, 0.25) is 5.95 Å². The summed E-state index contributed by atoms with van der Waals surface area (Å²) in [4.78, 5) is 4.40. The molecule has 0 radical (unpaired) electrons. The molecule has 2 N–H and O–H groups in total. The van der Waals surface area contributed by atoms with Gasteiger partial charge in [-0.2, -0.15) is 10.1 Å². The fourth-order valence-corrected chi connectivity index (χ4v) is 3.03. The third-order valence-electron chi connectivity index (χ3n) is 3.79. The van der Waals surface area contributed by atoms with E-state index in [1.807, 2.05) is 12.1 Å². The lowest BCUT2D eigenvalue weighted by atomic mass is 10.1. The maximum Gasteiger partial charge on any atom is 0.244 e. The van der Waals surface area contributed by atoms with Gasteiger partial charge in [-0.15, -0.1) is 5.10 Å². The smallest absolute Gasteiger partial charge is 0.244 e. The predicted molar refractivity (Wildman–Crippen MR) is 95.9 cm³/mol. The lowest BCUT2D eigenvalue weighted by molar-refractivity contribution is 0.120. The summed E-state index contributed by atoms with van der Waals surface area (Å²) in [6.45, 7) is 2.22. The fraction of sp³-hybridized carbons (Fsp3) is 0.438.